The number of nitro benzene ring substituents is 1. The number of nitro groups is 1. The topological polar surface area (TPSA) is 84.3 Å². The Morgan fingerprint density at radius 1 is 1.12 bits per heavy atom. The summed E-state index contributed by atoms with van der Waals surface area (Å²) in [5.74, 6) is -0.265. The number of para-hydroxylation sites is 2. The lowest BCUT2D eigenvalue weighted by molar-refractivity contribution is -0.384. The van der Waals surface area contributed by atoms with Crippen molar-refractivity contribution in [1.82, 2.24) is 5.32 Å². The molecule has 0 aliphatic carbocycles. The molecule has 0 unspecified atom stereocenters. The molecule has 0 aliphatic heterocycles. The smallest absolute Gasteiger partial charge is 0.292 e. The Hall–Kier alpha value is -2.86. The zero-order valence-electron chi connectivity index (χ0n) is 12.7. The molecule has 0 bridgehead atoms. The van der Waals surface area contributed by atoms with Crippen molar-refractivity contribution in [2.45, 2.75) is 0 Å². The number of nitrogens with one attached hydrogen (secondary N) is 2. The van der Waals surface area contributed by atoms with Crippen molar-refractivity contribution in [2.24, 2.45) is 0 Å². The Balaban J connectivity index is 1.79. The molecule has 2 rings (SSSR count). The summed E-state index contributed by atoms with van der Waals surface area (Å²) in [7, 11) is 0. The normalized spacial score (nSPS) is 10.5. The van der Waals surface area contributed by atoms with Crippen molar-refractivity contribution in [3.05, 3.63) is 75.3 Å². The molecule has 0 fully saturated rings. The average Bonchev–Trinajstić information content (AvgIpc) is 2.58. The average molecular weight is 346 g/mol. The fourth-order valence-electron chi connectivity index (χ4n) is 2.00. The van der Waals surface area contributed by atoms with Gasteiger partial charge >= 0.3 is 0 Å². The Labute approximate surface area is 144 Å². The van der Waals surface area contributed by atoms with E-state index in [1.165, 1.54) is 12.1 Å². The Morgan fingerprint density at radius 2 is 1.83 bits per heavy atom. The van der Waals surface area contributed by atoms with Crippen LogP contribution in [0.1, 0.15) is 5.56 Å². The van der Waals surface area contributed by atoms with Crippen molar-refractivity contribution >= 4 is 35.0 Å². The SMILES string of the molecule is O=C(/C=C/c1ccccc1Cl)NCCNc1ccccc1[N+](=O)[O-]. The summed E-state index contributed by atoms with van der Waals surface area (Å²) in [5, 5.41) is 17.1. The lowest BCUT2D eigenvalue weighted by Gasteiger charge is -2.07. The molecule has 0 saturated heterocycles. The number of nitrogens with zero attached hydrogens (tertiary/aromatic N) is 1. The molecule has 0 spiro atoms. The van der Waals surface area contributed by atoms with E-state index < -0.39 is 4.92 Å². The molecular formula is C17H16ClN3O3. The molecule has 0 saturated carbocycles. The van der Waals surface area contributed by atoms with E-state index in [-0.39, 0.29) is 11.6 Å². The van der Waals surface area contributed by atoms with Gasteiger partial charge < -0.3 is 10.6 Å². The molecule has 7 heteroatoms. The molecule has 2 N–H and O–H groups in total. The minimum Gasteiger partial charge on any atom is -0.378 e. The van der Waals surface area contributed by atoms with Gasteiger partial charge in [-0.2, -0.15) is 0 Å². The summed E-state index contributed by atoms with van der Waals surface area (Å²) < 4.78 is 0. The third-order valence-electron chi connectivity index (χ3n) is 3.16. The van der Waals surface area contributed by atoms with E-state index in [1.54, 1.807) is 30.3 Å². The van der Waals surface area contributed by atoms with Crippen LogP contribution in [0, 0.1) is 10.1 Å². The molecule has 0 radical (unpaired) electrons. The number of halogens is 1. The summed E-state index contributed by atoms with van der Waals surface area (Å²) in [6.45, 7) is 0.703. The third-order valence-corrected chi connectivity index (χ3v) is 3.50. The van der Waals surface area contributed by atoms with Crippen LogP contribution in [-0.2, 0) is 4.79 Å². The van der Waals surface area contributed by atoms with Gasteiger partial charge in [-0.3, -0.25) is 14.9 Å². The molecule has 24 heavy (non-hydrogen) atoms. The zero-order valence-corrected chi connectivity index (χ0v) is 13.5. The standard InChI is InChI=1S/C17H16ClN3O3/c18-14-6-2-1-5-13(14)9-10-17(22)20-12-11-19-15-7-3-4-8-16(15)21(23)24/h1-10,19H,11-12H2,(H,20,22)/b10-9+. The first-order valence-corrected chi connectivity index (χ1v) is 7.63. The Morgan fingerprint density at radius 3 is 2.58 bits per heavy atom. The van der Waals surface area contributed by atoms with Gasteiger partial charge in [-0.15, -0.1) is 0 Å². The van der Waals surface area contributed by atoms with Crippen LogP contribution < -0.4 is 10.6 Å². The van der Waals surface area contributed by atoms with Crippen LogP contribution in [0.25, 0.3) is 6.08 Å². The van der Waals surface area contributed by atoms with Gasteiger partial charge in [0.15, 0.2) is 0 Å². The highest BCUT2D eigenvalue weighted by Gasteiger charge is 2.11. The summed E-state index contributed by atoms with van der Waals surface area (Å²) in [6, 6.07) is 13.6. The summed E-state index contributed by atoms with van der Waals surface area (Å²) in [5.41, 5.74) is 1.18. The molecule has 1 amide bonds. The van der Waals surface area contributed by atoms with E-state index >= 15 is 0 Å². The predicted octanol–water partition coefficient (Wildman–Crippen LogP) is 3.49. The van der Waals surface area contributed by atoms with E-state index in [4.69, 9.17) is 11.6 Å². The highest BCUT2D eigenvalue weighted by atomic mass is 35.5. The number of carbonyl (C=O) groups is 1. The third kappa shape index (κ3) is 5.10. The molecule has 0 heterocycles. The molecular weight excluding hydrogens is 330 g/mol. The van der Waals surface area contributed by atoms with Crippen molar-refractivity contribution in [3.63, 3.8) is 0 Å². The molecule has 0 atom stereocenters. The highest BCUT2D eigenvalue weighted by molar-refractivity contribution is 6.32. The van der Waals surface area contributed by atoms with Crippen molar-refractivity contribution in [3.8, 4) is 0 Å². The number of hydrogen-bond acceptors (Lipinski definition) is 4. The first-order valence-electron chi connectivity index (χ1n) is 7.25. The van der Waals surface area contributed by atoms with E-state index in [0.717, 1.165) is 5.56 Å². The van der Waals surface area contributed by atoms with E-state index in [1.807, 2.05) is 18.2 Å². The number of amides is 1. The highest BCUT2D eigenvalue weighted by Crippen LogP contribution is 2.22. The van der Waals surface area contributed by atoms with Gasteiger partial charge in [0.05, 0.1) is 4.92 Å². The Kier molecular flexibility index (Phi) is 6.33. The van der Waals surface area contributed by atoms with Crippen molar-refractivity contribution < 1.29 is 9.72 Å². The maximum absolute atomic E-state index is 11.7. The van der Waals surface area contributed by atoms with Gasteiger partial charge in [0.2, 0.25) is 5.91 Å². The van der Waals surface area contributed by atoms with Crippen LogP contribution in [0.3, 0.4) is 0 Å². The van der Waals surface area contributed by atoms with Crippen molar-refractivity contribution in [1.29, 1.82) is 0 Å². The maximum atomic E-state index is 11.7. The number of anilines is 1. The van der Waals surface area contributed by atoms with Crippen LogP contribution >= 0.6 is 11.6 Å². The van der Waals surface area contributed by atoms with E-state index in [2.05, 4.69) is 10.6 Å². The van der Waals surface area contributed by atoms with Gasteiger partial charge in [-0.25, -0.2) is 0 Å². The molecule has 124 valence electrons. The minimum absolute atomic E-state index is 0.00226. The quantitative estimate of drug-likeness (QED) is 0.348. The number of benzene rings is 2. The number of rotatable bonds is 7. The van der Waals surface area contributed by atoms with Gasteiger partial charge in [-0.1, -0.05) is 41.9 Å². The summed E-state index contributed by atoms with van der Waals surface area (Å²) in [4.78, 5) is 22.2. The minimum atomic E-state index is -0.451. The first-order chi connectivity index (χ1) is 11.6. The van der Waals surface area contributed by atoms with E-state index in [0.29, 0.717) is 23.8 Å². The van der Waals surface area contributed by atoms with Gasteiger partial charge in [-0.05, 0) is 23.8 Å². The largest absolute Gasteiger partial charge is 0.378 e. The van der Waals surface area contributed by atoms with Crippen LogP contribution in [0.4, 0.5) is 11.4 Å². The second kappa shape index (κ2) is 8.69. The number of carbonyl (C=O) groups excluding carboxylic acids is 1. The summed E-state index contributed by atoms with van der Waals surface area (Å²) >= 11 is 5.99. The second-order valence-electron chi connectivity index (χ2n) is 4.85. The zero-order chi connectivity index (χ0) is 17.4. The molecule has 2 aromatic carbocycles. The fraction of sp³-hybridized carbons (Fsp3) is 0.118. The molecule has 0 aromatic heterocycles. The fourth-order valence-corrected chi connectivity index (χ4v) is 2.20. The lowest BCUT2D eigenvalue weighted by Crippen LogP contribution is -2.27. The number of hydrogen-bond donors (Lipinski definition) is 2. The predicted molar refractivity (Wildman–Crippen MR) is 95.1 cm³/mol. The van der Waals surface area contributed by atoms with Gasteiger partial charge in [0, 0.05) is 30.3 Å². The van der Waals surface area contributed by atoms with E-state index in [9.17, 15) is 14.9 Å². The van der Waals surface area contributed by atoms with Crippen LogP contribution in [-0.4, -0.2) is 23.9 Å². The molecule has 6 nitrogen and oxygen atoms in total. The maximum Gasteiger partial charge on any atom is 0.292 e. The van der Waals surface area contributed by atoms with Crippen LogP contribution in [0.2, 0.25) is 5.02 Å². The first kappa shape index (κ1) is 17.5. The Bertz CT molecular complexity index is 762. The lowest BCUT2D eigenvalue weighted by atomic mass is 10.2. The summed E-state index contributed by atoms with van der Waals surface area (Å²) in [6.07, 6.45) is 3.03. The second-order valence-corrected chi connectivity index (χ2v) is 5.25. The van der Waals surface area contributed by atoms with Gasteiger partial charge in [0.1, 0.15) is 5.69 Å². The van der Waals surface area contributed by atoms with Crippen LogP contribution in [0.15, 0.2) is 54.6 Å². The van der Waals surface area contributed by atoms with Gasteiger partial charge in [0.25, 0.3) is 5.69 Å². The van der Waals surface area contributed by atoms with Crippen molar-refractivity contribution in [2.75, 3.05) is 18.4 Å². The molecule has 0 aliphatic rings. The monoisotopic (exact) mass is 345 g/mol. The molecule has 2 aromatic rings. The van der Waals surface area contributed by atoms with Crippen LogP contribution in [0.5, 0.6) is 0 Å².